The van der Waals surface area contributed by atoms with Gasteiger partial charge in [0.25, 0.3) is 0 Å². The molecular weight excluding hydrogens is 192 g/mol. The summed E-state index contributed by atoms with van der Waals surface area (Å²) in [5.41, 5.74) is 0.0227. The fourth-order valence-corrected chi connectivity index (χ4v) is 2.55. The third-order valence-electron chi connectivity index (χ3n) is 3.39. The van der Waals surface area contributed by atoms with E-state index in [0.29, 0.717) is 0 Å². The summed E-state index contributed by atoms with van der Waals surface area (Å²) in [5.74, 6) is -0.707. The van der Waals surface area contributed by atoms with Gasteiger partial charge in [0.15, 0.2) is 0 Å². The summed E-state index contributed by atoms with van der Waals surface area (Å²) in [6, 6.07) is 0. The number of nitrogens with zero attached hydrogens (tertiary/aromatic N) is 2. The molecule has 4 nitrogen and oxygen atoms in total. The van der Waals surface area contributed by atoms with Crippen LogP contribution in [0.3, 0.4) is 0 Å². The first-order valence-electron chi connectivity index (χ1n) is 5.43. The third kappa shape index (κ3) is 2.03. The second-order valence-electron chi connectivity index (χ2n) is 4.30. The summed E-state index contributed by atoms with van der Waals surface area (Å²) in [6.45, 7) is 0. The maximum atomic E-state index is 10.6. The molecule has 0 aromatic carbocycles. The summed E-state index contributed by atoms with van der Waals surface area (Å²) in [5, 5.41) is 8.76. The van der Waals surface area contributed by atoms with E-state index in [0.717, 1.165) is 19.3 Å². The lowest BCUT2D eigenvalue weighted by Gasteiger charge is -2.30. The van der Waals surface area contributed by atoms with Crippen LogP contribution in [0.4, 0.5) is 0 Å². The normalized spacial score (nSPS) is 19.2. The first-order chi connectivity index (χ1) is 7.23. The third-order valence-corrected chi connectivity index (χ3v) is 3.39. The van der Waals surface area contributed by atoms with Crippen molar-refractivity contribution < 1.29 is 9.90 Å². The highest BCUT2D eigenvalue weighted by Gasteiger charge is 2.35. The van der Waals surface area contributed by atoms with E-state index in [9.17, 15) is 4.79 Å². The second kappa shape index (κ2) is 4.04. The van der Waals surface area contributed by atoms with Crippen molar-refractivity contribution in [3.8, 4) is 0 Å². The molecule has 0 amide bonds. The van der Waals surface area contributed by atoms with Gasteiger partial charge < -0.3 is 9.67 Å². The molecule has 1 N–H and O–H groups in total. The second-order valence-corrected chi connectivity index (χ2v) is 4.30. The minimum absolute atomic E-state index is 0.0227. The van der Waals surface area contributed by atoms with Crippen LogP contribution in [0, 0.1) is 0 Å². The number of carboxylic acid groups (broad SMARTS) is 1. The molecule has 0 saturated heterocycles. The fourth-order valence-electron chi connectivity index (χ4n) is 2.55. The van der Waals surface area contributed by atoms with Crippen molar-refractivity contribution in [1.29, 1.82) is 0 Å². The summed E-state index contributed by atoms with van der Waals surface area (Å²) in [7, 11) is 0. The van der Waals surface area contributed by atoms with Crippen molar-refractivity contribution in [2.24, 2.45) is 0 Å². The molecule has 0 spiro atoms. The Kier molecular flexibility index (Phi) is 2.75. The zero-order valence-electron chi connectivity index (χ0n) is 8.72. The summed E-state index contributed by atoms with van der Waals surface area (Å²) in [6.07, 6.45) is 11.0. The predicted molar refractivity (Wildman–Crippen MR) is 55.5 cm³/mol. The van der Waals surface area contributed by atoms with E-state index < -0.39 is 5.97 Å². The smallest absolute Gasteiger partial charge is 0.303 e. The Bertz CT molecular complexity index is 326. The van der Waals surface area contributed by atoms with Gasteiger partial charge in [0.2, 0.25) is 0 Å². The number of aliphatic carboxylic acids is 1. The van der Waals surface area contributed by atoms with E-state index in [4.69, 9.17) is 5.11 Å². The zero-order chi connectivity index (χ0) is 10.7. The quantitative estimate of drug-likeness (QED) is 0.823. The number of carboxylic acids is 1. The van der Waals surface area contributed by atoms with Gasteiger partial charge in [-0.05, 0) is 19.3 Å². The van der Waals surface area contributed by atoms with Crippen molar-refractivity contribution in [2.45, 2.75) is 44.1 Å². The summed E-state index contributed by atoms with van der Waals surface area (Å²) >= 11 is 0. The zero-order valence-corrected chi connectivity index (χ0v) is 8.72. The SMILES string of the molecule is O=C(O)CCC1(n2ccnc2)CCCC1. The van der Waals surface area contributed by atoms with Gasteiger partial charge in [-0.3, -0.25) is 4.79 Å². The average molecular weight is 208 g/mol. The van der Waals surface area contributed by atoms with Gasteiger partial charge in [-0.25, -0.2) is 4.98 Å². The average Bonchev–Trinajstić information content (AvgIpc) is 2.86. The molecule has 0 radical (unpaired) electrons. The highest BCUT2D eigenvalue weighted by Crippen LogP contribution is 2.40. The van der Waals surface area contributed by atoms with Crippen LogP contribution in [0.25, 0.3) is 0 Å². The van der Waals surface area contributed by atoms with Crippen molar-refractivity contribution in [1.82, 2.24) is 9.55 Å². The molecule has 1 aliphatic carbocycles. The Morgan fingerprint density at radius 1 is 1.47 bits per heavy atom. The maximum Gasteiger partial charge on any atom is 0.303 e. The van der Waals surface area contributed by atoms with E-state index in [-0.39, 0.29) is 12.0 Å². The molecule has 0 unspecified atom stereocenters. The van der Waals surface area contributed by atoms with Gasteiger partial charge in [0.1, 0.15) is 0 Å². The van der Waals surface area contributed by atoms with Crippen LogP contribution in [0.5, 0.6) is 0 Å². The topological polar surface area (TPSA) is 55.1 Å². The van der Waals surface area contributed by atoms with Gasteiger partial charge in [-0.15, -0.1) is 0 Å². The van der Waals surface area contributed by atoms with Crippen LogP contribution in [-0.2, 0) is 10.3 Å². The van der Waals surface area contributed by atoms with Crippen LogP contribution >= 0.6 is 0 Å². The number of hydrogen-bond acceptors (Lipinski definition) is 2. The number of carbonyl (C=O) groups is 1. The largest absolute Gasteiger partial charge is 0.481 e. The lowest BCUT2D eigenvalue weighted by Crippen LogP contribution is -2.30. The molecule has 4 heteroatoms. The Morgan fingerprint density at radius 3 is 2.73 bits per heavy atom. The van der Waals surface area contributed by atoms with Crippen LogP contribution in [0.1, 0.15) is 38.5 Å². The first-order valence-corrected chi connectivity index (χ1v) is 5.43. The maximum absolute atomic E-state index is 10.6. The minimum Gasteiger partial charge on any atom is -0.481 e. The van der Waals surface area contributed by atoms with E-state index >= 15 is 0 Å². The highest BCUT2D eigenvalue weighted by atomic mass is 16.4. The Labute approximate surface area is 88.9 Å². The number of aromatic nitrogens is 2. The molecule has 0 aliphatic heterocycles. The number of rotatable bonds is 4. The first kappa shape index (κ1) is 10.2. The van der Waals surface area contributed by atoms with Crippen LogP contribution < -0.4 is 0 Å². The van der Waals surface area contributed by atoms with Gasteiger partial charge in [-0.2, -0.15) is 0 Å². The standard InChI is InChI=1S/C11H16N2O2/c14-10(15)3-6-11(4-1-2-5-11)13-8-7-12-9-13/h7-9H,1-6H2,(H,14,15). The van der Waals surface area contributed by atoms with Crippen LogP contribution in [-0.4, -0.2) is 20.6 Å². The summed E-state index contributed by atoms with van der Waals surface area (Å²) < 4.78 is 2.10. The molecule has 1 fully saturated rings. The predicted octanol–water partition coefficient (Wildman–Crippen LogP) is 2.02. The van der Waals surface area contributed by atoms with E-state index in [1.165, 1.54) is 12.8 Å². The lowest BCUT2D eigenvalue weighted by molar-refractivity contribution is -0.137. The van der Waals surface area contributed by atoms with E-state index in [2.05, 4.69) is 9.55 Å². The van der Waals surface area contributed by atoms with Crippen molar-refractivity contribution in [3.63, 3.8) is 0 Å². The number of hydrogen-bond donors (Lipinski definition) is 1. The van der Waals surface area contributed by atoms with Crippen molar-refractivity contribution in [3.05, 3.63) is 18.7 Å². The van der Waals surface area contributed by atoms with Crippen molar-refractivity contribution >= 4 is 5.97 Å². The van der Waals surface area contributed by atoms with Crippen molar-refractivity contribution in [2.75, 3.05) is 0 Å². The molecule has 1 aromatic rings. The molecule has 1 aliphatic rings. The lowest BCUT2D eigenvalue weighted by atomic mass is 9.91. The molecule has 0 atom stereocenters. The number of imidazole rings is 1. The molecule has 0 bridgehead atoms. The highest BCUT2D eigenvalue weighted by molar-refractivity contribution is 5.66. The molecule has 2 rings (SSSR count). The molecule has 1 heterocycles. The van der Waals surface area contributed by atoms with Gasteiger partial charge in [0.05, 0.1) is 6.33 Å². The Hall–Kier alpha value is -1.32. The summed E-state index contributed by atoms with van der Waals surface area (Å²) in [4.78, 5) is 14.7. The molecule has 15 heavy (non-hydrogen) atoms. The monoisotopic (exact) mass is 208 g/mol. The van der Waals surface area contributed by atoms with Gasteiger partial charge in [0, 0.05) is 24.4 Å². The van der Waals surface area contributed by atoms with Crippen LogP contribution in [0.15, 0.2) is 18.7 Å². The van der Waals surface area contributed by atoms with E-state index in [1.54, 1.807) is 6.20 Å². The molecule has 82 valence electrons. The Morgan fingerprint density at radius 2 is 2.20 bits per heavy atom. The molecule has 1 saturated carbocycles. The van der Waals surface area contributed by atoms with E-state index in [1.807, 2.05) is 12.5 Å². The molecule has 1 aromatic heterocycles. The van der Waals surface area contributed by atoms with Gasteiger partial charge >= 0.3 is 5.97 Å². The molecular formula is C11H16N2O2. The minimum atomic E-state index is -0.707. The van der Waals surface area contributed by atoms with Crippen LogP contribution in [0.2, 0.25) is 0 Å². The Balaban J connectivity index is 2.14. The van der Waals surface area contributed by atoms with Gasteiger partial charge in [-0.1, -0.05) is 12.8 Å². The fraction of sp³-hybridized carbons (Fsp3) is 0.636.